The van der Waals surface area contributed by atoms with E-state index >= 15 is 0 Å². The van der Waals surface area contributed by atoms with Crippen LogP contribution >= 0.6 is 11.8 Å². The minimum absolute atomic E-state index is 0.579. The molecule has 0 aromatic heterocycles. The number of anilines is 2. The molecule has 0 amide bonds. The summed E-state index contributed by atoms with van der Waals surface area (Å²) in [6, 6.07) is 3.81. The smallest absolute Gasteiger partial charge is 0.103 e. The quantitative estimate of drug-likeness (QED) is 0.672. The van der Waals surface area contributed by atoms with Crippen molar-refractivity contribution in [2.75, 3.05) is 11.5 Å². The van der Waals surface area contributed by atoms with Gasteiger partial charge < -0.3 is 11.5 Å². The first kappa shape index (κ1) is 9.54. The standard InChI is InChI=1S/C12H11N3S/c13-7-5-6-10-12(11(7)14)15-8-3-1-2-4-9(8)16-10/h1,3-6H,2,13-14H2. The fourth-order valence-electron chi connectivity index (χ4n) is 1.77. The van der Waals surface area contributed by atoms with Crippen molar-refractivity contribution in [3.05, 3.63) is 35.3 Å². The van der Waals surface area contributed by atoms with Crippen molar-refractivity contribution in [3.63, 3.8) is 0 Å². The third-order valence-electron chi connectivity index (χ3n) is 2.63. The number of hydrogen-bond donors (Lipinski definition) is 2. The first-order valence-corrected chi connectivity index (χ1v) is 5.89. The number of nitrogen functional groups attached to an aromatic ring is 2. The van der Waals surface area contributed by atoms with E-state index in [-0.39, 0.29) is 0 Å². The van der Waals surface area contributed by atoms with Crippen molar-refractivity contribution < 1.29 is 0 Å². The van der Waals surface area contributed by atoms with E-state index in [4.69, 9.17) is 11.5 Å². The topological polar surface area (TPSA) is 64.4 Å². The molecule has 0 bridgehead atoms. The van der Waals surface area contributed by atoms with Crippen molar-refractivity contribution in [2.24, 2.45) is 4.99 Å². The summed E-state index contributed by atoms with van der Waals surface area (Å²) in [7, 11) is 0. The Kier molecular flexibility index (Phi) is 2.04. The average Bonchev–Trinajstić information content (AvgIpc) is 2.32. The molecular weight excluding hydrogens is 218 g/mol. The largest absolute Gasteiger partial charge is 0.397 e. The van der Waals surface area contributed by atoms with Gasteiger partial charge in [0.2, 0.25) is 0 Å². The van der Waals surface area contributed by atoms with E-state index in [1.54, 1.807) is 11.8 Å². The Bertz CT molecular complexity index is 556. The third kappa shape index (κ3) is 1.34. The van der Waals surface area contributed by atoms with Gasteiger partial charge in [0.25, 0.3) is 0 Å². The lowest BCUT2D eigenvalue weighted by molar-refractivity contribution is 1.32. The van der Waals surface area contributed by atoms with Gasteiger partial charge in [-0.25, -0.2) is 4.99 Å². The number of hydrogen-bond acceptors (Lipinski definition) is 4. The normalized spacial score (nSPS) is 17.2. The molecule has 16 heavy (non-hydrogen) atoms. The number of allylic oxidation sites excluding steroid dienone is 4. The summed E-state index contributed by atoms with van der Waals surface area (Å²) in [6.45, 7) is 0. The van der Waals surface area contributed by atoms with Gasteiger partial charge in [-0.3, -0.25) is 0 Å². The van der Waals surface area contributed by atoms with Crippen LogP contribution in [0.2, 0.25) is 0 Å². The molecule has 3 rings (SSSR count). The fraction of sp³-hybridized carbons (Fsp3) is 0.0833. The summed E-state index contributed by atoms with van der Waals surface area (Å²) < 4.78 is 0. The Balaban J connectivity index is 2.21. The summed E-state index contributed by atoms with van der Waals surface area (Å²) in [5, 5.41) is 0. The first-order valence-electron chi connectivity index (χ1n) is 5.07. The van der Waals surface area contributed by atoms with Crippen LogP contribution in [0.4, 0.5) is 17.1 Å². The number of rotatable bonds is 0. The Morgan fingerprint density at radius 1 is 1.25 bits per heavy atom. The van der Waals surface area contributed by atoms with Crippen LogP contribution in [0.15, 0.2) is 45.2 Å². The van der Waals surface area contributed by atoms with Crippen LogP contribution < -0.4 is 11.5 Å². The number of thioether (sulfide) groups is 1. The highest BCUT2D eigenvalue weighted by Crippen LogP contribution is 2.46. The molecule has 0 spiro atoms. The van der Waals surface area contributed by atoms with Gasteiger partial charge in [-0.05, 0) is 24.6 Å². The van der Waals surface area contributed by atoms with Crippen LogP contribution in [0.5, 0.6) is 0 Å². The highest BCUT2D eigenvalue weighted by molar-refractivity contribution is 8.04. The molecule has 0 unspecified atom stereocenters. The van der Waals surface area contributed by atoms with Crippen molar-refractivity contribution >= 4 is 34.5 Å². The molecule has 1 aliphatic carbocycles. The van der Waals surface area contributed by atoms with Gasteiger partial charge in [0.15, 0.2) is 0 Å². The molecule has 1 aromatic rings. The molecule has 3 nitrogen and oxygen atoms in total. The van der Waals surface area contributed by atoms with Crippen molar-refractivity contribution in [3.8, 4) is 0 Å². The molecule has 1 aliphatic heterocycles. The number of nitrogens with two attached hydrogens (primary N) is 2. The monoisotopic (exact) mass is 229 g/mol. The molecule has 0 saturated carbocycles. The van der Waals surface area contributed by atoms with Crippen LogP contribution in [0.25, 0.3) is 0 Å². The van der Waals surface area contributed by atoms with Gasteiger partial charge in [-0.2, -0.15) is 0 Å². The summed E-state index contributed by atoms with van der Waals surface area (Å²) in [6.07, 6.45) is 7.28. The molecule has 0 radical (unpaired) electrons. The number of nitrogens with zero attached hydrogens (tertiary/aromatic N) is 1. The molecule has 1 heterocycles. The van der Waals surface area contributed by atoms with Crippen molar-refractivity contribution in [2.45, 2.75) is 11.3 Å². The average molecular weight is 229 g/mol. The van der Waals surface area contributed by atoms with Crippen molar-refractivity contribution in [1.29, 1.82) is 0 Å². The molecule has 0 saturated heterocycles. The van der Waals surface area contributed by atoms with Gasteiger partial charge >= 0.3 is 0 Å². The zero-order valence-electron chi connectivity index (χ0n) is 8.60. The molecule has 1 aromatic carbocycles. The Morgan fingerprint density at radius 3 is 3.00 bits per heavy atom. The molecule has 4 N–H and O–H groups in total. The Morgan fingerprint density at radius 2 is 2.12 bits per heavy atom. The zero-order chi connectivity index (χ0) is 11.1. The van der Waals surface area contributed by atoms with E-state index in [9.17, 15) is 0 Å². The van der Waals surface area contributed by atoms with Crippen LogP contribution in [0.3, 0.4) is 0 Å². The highest BCUT2D eigenvalue weighted by Gasteiger charge is 2.20. The van der Waals surface area contributed by atoms with Gasteiger partial charge in [0, 0.05) is 9.80 Å². The maximum Gasteiger partial charge on any atom is 0.103 e. The summed E-state index contributed by atoms with van der Waals surface area (Å²) in [5.41, 5.74) is 14.7. The van der Waals surface area contributed by atoms with Crippen LogP contribution in [-0.2, 0) is 0 Å². The predicted molar refractivity (Wildman–Crippen MR) is 70.1 cm³/mol. The lowest BCUT2D eigenvalue weighted by atomic mass is 10.1. The number of fused-ring (bicyclic) bond motifs is 2. The minimum Gasteiger partial charge on any atom is -0.397 e. The van der Waals surface area contributed by atoms with E-state index in [0.717, 1.165) is 22.7 Å². The van der Waals surface area contributed by atoms with E-state index in [1.807, 2.05) is 18.2 Å². The Labute approximate surface area is 97.9 Å². The molecule has 80 valence electrons. The second-order valence-corrected chi connectivity index (χ2v) is 4.80. The first-order chi connectivity index (χ1) is 7.75. The van der Waals surface area contributed by atoms with E-state index in [2.05, 4.69) is 17.1 Å². The Hall–Kier alpha value is -1.68. The molecule has 0 fully saturated rings. The molecule has 0 atom stereocenters. The number of benzene rings is 1. The predicted octanol–water partition coefficient (Wildman–Crippen LogP) is 2.87. The van der Waals surface area contributed by atoms with Crippen LogP contribution in [0, 0.1) is 0 Å². The summed E-state index contributed by atoms with van der Waals surface area (Å²) in [5.74, 6) is 0. The van der Waals surface area contributed by atoms with Crippen LogP contribution in [-0.4, -0.2) is 5.71 Å². The second kappa shape index (κ2) is 3.42. The summed E-state index contributed by atoms with van der Waals surface area (Å²) >= 11 is 1.71. The highest BCUT2D eigenvalue weighted by atomic mass is 32.2. The third-order valence-corrected chi connectivity index (χ3v) is 3.78. The molecule has 2 aliphatic rings. The maximum atomic E-state index is 5.94. The SMILES string of the molecule is Nc1ccc2c(c1N)N=C1C=CCC=C1S2. The van der Waals surface area contributed by atoms with Gasteiger partial charge in [0.1, 0.15) is 5.69 Å². The van der Waals surface area contributed by atoms with E-state index in [0.29, 0.717) is 11.4 Å². The van der Waals surface area contributed by atoms with E-state index < -0.39 is 0 Å². The van der Waals surface area contributed by atoms with Crippen molar-refractivity contribution in [1.82, 2.24) is 0 Å². The van der Waals surface area contributed by atoms with Gasteiger partial charge in [0.05, 0.1) is 17.1 Å². The van der Waals surface area contributed by atoms with Gasteiger partial charge in [-0.1, -0.05) is 23.9 Å². The fourth-order valence-corrected chi connectivity index (χ4v) is 2.79. The minimum atomic E-state index is 0.579. The zero-order valence-corrected chi connectivity index (χ0v) is 9.42. The second-order valence-electron chi connectivity index (χ2n) is 3.72. The van der Waals surface area contributed by atoms with E-state index in [1.165, 1.54) is 4.91 Å². The lowest BCUT2D eigenvalue weighted by Gasteiger charge is -2.19. The van der Waals surface area contributed by atoms with Crippen LogP contribution in [0.1, 0.15) is 6.42 Å². The summed E-state index contributed by atoms with van der Waals surface area (Å²) in [4.78, 5) is 6.85. The maximum absolute atomic E-state index is 5.94. The lowest BCUT2D eigenvalue weighted by Crippen LogP contribution is -2.05. The molecule has 4 heteroatoms. The number of aliphatic imine (C=N–C) groups is 1. The van der Waals surface area contributed by atoms with Gasteiger partial charge in [-0.15, -0.1) is 0 Å². The molecular formula is C12H11N3S.